The van der Waals surface area contributed by atoms with Crippen molar-refractivity contribution in [2.45, 2.75) is 45.3 Å². The monoisotopic (exact) mass is 312 g/mol. The first-order valence-corrected chi connectivity index (χ1v) is 8.11. The van der Waals surface area contributed by atoms with E-state index in [1.54, 1.807) is 14.2 Å². The second-order valence-corrected chi connectivity index (χ2v) is 6.70. The number of ketones is 1. The largest absolute Gasteiger partial charge is 0.492 e. The van der Waals surface area contributed by atoms with Crippen LogP contribution in [0.5, 0.6) is 5.75 Å². The minimum Gasteiger partial charge on any atom is -0.492 e. The highest BCUT2D eigenvalue weighted by atomic mass is 32.1. The number of methoxy groups -OCH3 is 2. The van der Waals surface area contributed by atoms with E-state index in [-0.39, 0.29) is 23.8 Å². The molecule has 3 N–H and O–H groups in total. The molecule has 1 aromatic heterocycles. The van der Waals surface area contributed by atoms with E-state index in [9.17, 15) is 4.79 Å². The summed E-state index contributed by atoms with van der Waals surface area (Å²) in [6.45, 7) is 3.75. The van der Waals surface area contributed by atoms with Crippen LogP contribution in [-0.2, 0) is 4.74 Å². The molecule has 0 bridgehead atoms. The maximum Gasteiger partial charge on any atom is 0.177 e. The highest BCUT2D eigenvalue weighted by molar-refractivity contribution is 7.19. The number of hydrogen-bond donors (Lipinski definition) is 2. The number of nitrogens with two attached hydrogens (primary N) is 1. The van der Waals surface area contributed by atoms with Crippen LogP contribution in [0.2, 0.25) is 0 Å². The predicted octanol–water partition coefficient (Wildman–Crippen LogP) is 3.16. The number of ether oxygens (including phenoxy) is 2. The molecule has 0 radical (unpaired) electrons. The number of carbonyl (C=O) groups is 1. The van der Waals surface area contributed by atoms with Crippen molar-refractivity contribution < 1.29 is 14.3 Å². The lowest BCUT2D eigenvalue weighted by atomic mass is 10.1. The molecule has 1 aliphatic carbocycles. The van der Waals surface area contributed by atoms with Gasteiger partial charge in [0.05, 0.1) is 29.8 Å². The molecule has 21 heavy (non-hydrogen) atoms. The van der Waals surface area contributed by atoms with Gasteiger partial charge in [-0.1, -0.05) is 13.8 Å². The van der Waals surface area contributed by atoms with Gasteiger partial charge in [0.1, 0.15) is 5.00 Å². The van der Waals surface area contributed by atoms with Gasteiger partial charge in [-0.05, 0) is 19.3 Å². The van der Waals surface area contributed by atoms with Crippen LogP contribution in [0.1, 0.15) is 42.8 Å². The SMILES string of the molecule is COc1c(NC2CCCC2OC)sc(C(=O)C(C)C)c1N. The van der Waals surface area contributed by atoms with Gasteiger partial charge in [0.25, 0.3) is 0 Å². The smallest absolute Gasteiger partial charge is 0.177 e. The molecule has 1 heterocycles. The first-order chi connectivity index (χ1) is 9.99. The minimum absolute atomic E-state index is 0.0542. The fraction of sp³-hybridized carbons (Fsp3) is 0.667. The molecule has 1 aliphatic rings. The third-order valence-electron chi connectivity index (χ3n) is 3.92. The van der Waals surface area contributed by atoms with Gasteiger partial charge in [-0.25, -0.2) is 0 Å². The summed E-state index contributed by atoms with van der Waals surface area (Å²) >= 11 is 1.38. The number of thiophene rings is 1. The van der Waals surface area contributed by atoms with Crippen molar-refractivity contribution in [3.63, 3.8) is 0 Å². The molecular weight excluding hydrogens is 288 g/mol. The summed E-state index contributed by atoms with van der Waals surface area (Å²) in [6.07, 6.45) is 3.43. The van der Waals surface area contributed by atoms with E-state index >= 15 is 0 Å². The Bertz CT molecular complexity index is 513. The van der Waals surface area contributed by atoms with E-state index in [1.165, 1.54) is 11.3 Å². The molecule has 1 fully saturated rings. The molecule has 0 spiro atoms. The van der Waals surface area contributed by atoms with Crippen molar-refractivity contribution in [1.82, 2.24) is 0 Å². The standard InChI is InChI=1S/C15H24N2O3S/c1-8(2)12(18)14-11(16)13(20-4)15(21-14)17-9-6-5-7-10(9)19-3/h8-10,17H,5-7,16H2,1-4H3. The number of hydrogen-bond acceptors (Lipinski definition) is 6. The van der Waals surface area contributed by atoms with Gasteiger partial charge < -0.3 is 20.5 Å². The third kappa shape index (κ3) is 3.16. The number of nitrogen functional groups attached to an aromatic ring is 1. The van der Waals surface area contributed by atoms with Crippen LogP contribution in [0.25, 0.3) is 0 Å². The molecule has 5 nitrogen and oxygen atoms in total. The molecule has 6 heteroatoms. The van der Waals surface area contributed by atoms with E-state index in [1.807, 2.05) is 13.8 Å². The minimum atomic E-state index is -0.0817. The maximum atomic E-state index is 12.2. The Balaban J connectivity index is 2.27. The highest BCUT2D eigenvalue weighted by Crippen LogP contribution is 2.44. The molecule has 2 unspecified atom stereocenters. The van der Waals surface area contributed by atoms with Crippen molar-refractivity contribution in [3.05, 3.63) is 4.88 Å². The lowest BCUT2D eigenvalue weighted by Gasteiger charge is -2.20. The van der Waals surface area contributed by atoms with Crippen LogP contribution in [-0.4, -0.2) is 32.1 Å². The van der Waals surface area contributed by atoms with Crippen LogP contribution in [0, 0.1) is 5.92 Å². The average Bonchev–Trinajstić information content (AvgIpc) is 3.02. The maximum absolute atomic E-state index is 12.2. The molecule has 0 amide bonds. The molecule has 2 atom stereocenters. The van der Waals surface area contributed by atoms with Crippen LogP contribution in [0.15, 0.2) is 0 Å². The van der Waals surface area contributed by atoms with Crippen molar-refractivity contribution in [2.75, 3.05) is 25.3 Å². The number of anilines is 2. The Morgan fingerprint density at radius 1 is 1.38 bits per heavy atom. The molecule has 118 valence electrons. The Kier molecular flexibility index (Phi) is 5.11. The summed E-state index contributed by atoms with van der Waals surface area (Å²) in [6, 6.07) is 0.240. The van der Waals surface area contributed by atoms with Crippen molar-refractivity contribution in [1.29, 1.82) is 0 Å². The van der Waals surface area contributed by atoms with E-state index in [0.717, 1.165) is 24.3 Å². The second-order valence-electron chi connectivity index (χ2n) is 5.68. The Labute approximate surface area is 129 Å². The molecule has 2 rings (SSSR count). The molecular formula is C15H24N2O3S. The van der Waals surface area contributed by atoms with Gasteiger partial charge in [0.2, 0.25) is 0 Å². The van der Waals surface area contributed by atoms with Crippen LogP contribution in [0.4, 0.5) is 10.7 Å². The van der Waals surface area contributed by atoms with Crippen LogP contribution < -0.4 is 15.8 Å². The molecule has 1 aromatic rings. The zero-order chi connectivity index (χ0) is 15.6. The van der Waals surface area contributed by atoms with Crippen molar-refractivity contribution in [3.8, 4) is 5.75 Å². The van der Waals surface area contributed by atoms with E-state index in [2.05, 4.69) is 5.32 Å². The summed E-state index contributed by atoms with van der Waals surface area (Å²) in [5.41, 5.74) is 6.53. The van der Waals surface area contributed by atoms with E-state index in [4.69, 9.17) is 15.2 Å². The van der Waals surface area contributed by atoms with Gasteiger partial charge in [-0.2, -0.15) is 0 Å². The molecule has 1 saturated carbocycles. The van der Waals surface area contributed by atoms with Crippen LogP contribution in [0.3, 0.4) is 0 Å². The zero-order valence-corrected chi connectivity index (χ0v) is 13.9. The number of Topliss-reactive ketones (excluding diaryl/α,β-unsaturated/α-hetero) is 1. The summed E-state index contributed by atoms with van der Waals surface area (Å²) in [4.78, 5) is 12.8. The zero-order valence-electron chi connectivity index (χ0n) is 13.1. The molecule has 0 aromatic carbocycles. The fourth-order valence-electron chi connectivity index (χ4n) is 2.71. The summed E-state index contributed by atoms with van der Waals surface area (Å²) in [5.74, 6) is 0.547. The Hall–Kier alpha value is -1.27. The van der Waals surface area contributed by atoms with Gasteiger partial charge >= 0.3 is 0 Å². The van der Waals surface area contributed by atoms with Gasteiger partial charge in [0, 0.05) is 13.0 Å². The third-order valence-corrected chi connectivity index (χ3v) is 5.06. The van der Waals surface area contributed by atoms with Crippen molar-refractivity contribution in [2.24, 2.45) is 5.92 Å². The summed E-state index contributed by atoms with van der Waals surface area (Å²) < 4.78 is 10.9. The number of carbonyl (C=O) groups excluding carboxylic acids is 1. The normalized spacial score (nSPS) is 21.8. The van der Waals surface area contributed by atoms with Gasteiger partial charge in [-0.15, -0.1) is 11.3 Å². The summed E-state index contributed by atoms with van der Waals surface area (Å²) in [5, 5.41) is 4.28. The quantitative estimate of drug-likeness (QED) is 0.789. The number of rotatable bonds is 6. The highest BCUT2D eigenvalue weighted by Gasteiger charge is 2.30. The number of nitrogens with one attached hydrogen (secondary N) is 1. The molecule has 0 saturated heterocycles. The van der Waals surface area contributed by atoms with Gasteiger partial charge in [-0.3, -0.25) is 4.79 Å². The Morgan fingerprint density at radius 3 is 2.67 bits per heavy atom. The fourth-order valence-corrected chi connectivity index (χ4v) is 3.95. The topological polar surface area (TPSA) is 73.6 Å². The molecule has 0 aliphatic heterocycles. The van der Waals surface area contributed by atoms with Crippen molar-refractivity contribution >= 4 is 27.8 Å². The lowest BCUT2D eigenvalue weighted by Crippen LogP contribution is -2.29. The van der Waals surface area contributed by atoms with E-state index in [0.29, 0.717) is 16.3 Å². The first kappa shape index (κ1) is 16.1. The lowest BCUT2D eigenvalue weighted by molar-refractivity contribution is 0.0944. The van der Waals surface area contributed by atoms with Crippen LogP contribution >= 0.6 is 11.3 Å². The first-order valence-electron chi connectivity index (χ1n) is 7.29. The summed E-state index contributed by atoms with van der Waals surface area (Å²) in [7, 11) is 3.31. The second kappa shape index (κ2) is 6.66. The van der Waals surface area contributed by atoms with E-state index < -0.39 is 0 Å². The Morgan fingerprint density at radius 2 is 2.10 bits per heavy atom. The van der Waals surface area contributed by atoms with Gasteiger partial charge in [0.15, 0.2) is 11.5 Å². The predicted molar refractivity (Wildman–Crippen MR) is 86.5 cm³/mol. The average molecular weight is 312 g/mol.